The Balaban J connectivity index is 2.87. The minimum atomic E-state index is -0.748. The van der Waals surface area contributed by atoms with Crippen molar-refractivity contribution in [3.63, 3.8) is 0 Å². The van der Waals surface area contributed by atoms with Crippen LogP contribution in [-0.4, -0.2) is 53.1 Å². The molecule has 19 heavy (non-hydrogen) atoms. The van der Waals surface area contributed by atoms with Crippen LogP contribution in [0.2, 0.25) is 5.02 Å². The number of aliphatic hydroxyl groups is 1. The number of hydrogen-bond acceptors (Lipinski definition) is 4. The van der Waals surface area contributed by atoms with Gasteiger partial charge in [0.1, 0.15) is 6.10 Å². The SMILES string of the molecule is CCOC(CC)C(O)c1c(Cl)cnn1CCN(C)C. The second kappa shape index (κ2) is 7.85. The highest BCUT2D eigenvalue weighted by molar-refractivity contribution is 6.31. The van der Waals surface area contributed by atoms with E-state index in [-0.39, 0.29) is 6.10 Å². The van der Waals surface area contributed by atoms with E-state index in [0.717, 1.165) is 13.0 Å². The van der Waals surface area contributed by atoms with E-state index in [2.05, 4.69) is 10.00 Å². The summed E-state index contributed by atoms with van der Waals surface area (Å²) in [5.41, 5.74) is 0.642. The number of rotatable bonds is 8. The van der Waals surface area contributed by atoms with Gasteiger partial charge >= 0.3 is 0 Å². The lowest BCUT2D eigenvalue weighted by Crippen LogP contribution is -2.26. The monoisotopic (exact) mass is 289 g/mol. The van der Waals surface area contributed by atoms with Crippen molar-refractivity contribution < 1.29 is 9.84 Å². The zero-order valence-corrected chi connectivity index (χ0v) is 12.9. The van der Waals surface area contributed by atoms with Gasteiger partial charge in [0.2, 0.25) is 0 Å². The summed E-state index contributed by atoms with van der Waals surface area (Å²) in [6.45, 7) is 6.00. The number of ether oxygens (including phenoxy) is 1. The molecule has 1 N–H and O–H groups in total. The molecule has 0 bridgehead atoms. The number of hydrogen-bond donors (Lipinski definition) is 1. The molecule has 1 aromatic heterocycles. The zero-order chi connectivity index (χ0) is 14.4. The maximum atomic E-state index is 10.4. The van der Waals surface area contributed by atoms with Crippen molar-refractivity contribution in [2.24, 2.45) is 0 Å². The van der Waals surface area contributed by atoms with E-state index < -0.39 is 6.10 Å². The molecule has 1 heterocycles. The fraction of sp³-hybridized carbons (Fsp3) is 0.769. The molecule has 0 aliphatic heterocycles. The minimum absolute atomic E-state index is 0.252. The normalized spacial score (nSPS) is 14.9. The molecule has 1 rings (SSSR count). The second-order valence-corrected chi connectivity index (χ2v) is 5.16. The van der Waals surface area contributed by atoms with Crippen molar-refractivity contribution in [1.82, 2.24) is 14.7 Å². The lowest BCUT2D eigenvalue weighted by molar-refractivity contribution is -0.0392. The van der Waals surface area contributed by atoms with Crippen molar-refractivity contribution >= 4 is 11.6 Å². The van der Waals surface area contributed by atoms with Gasteiger partial charge in [-0.05, 0) is 27.4 Å². The van der Waals surface area contributed by atoms with Crippen LogP contribution in [-0.2, 0) is 11.3 Å². The van der Waals surface area contributed by atoms with Crippen molar-refractivity contribution in [1.29, 1.82) is 0 Å². The van der Waals surface area contributed by atoms with Gasteiger partial charge in [0.05, 0.1) is 29.6 Å². The van der Waals surface area contributed by atoms with E-state index in [4.69, 9.17) is 16.3 Å². The van der Waals surface area contributed by atoms with Crippen LogP contribution in [0.15, 0.2) is 6.20 Å². The molecule has 0 aliphatic carbocycles. The minimum Gasteiger partial charge on any atom is -0.384 e. The maximum Gasteiger partial charge on any atom is 0.123 e. The lowest BCUT2D eigenvalue weighted by Gasteiger charge is -2.23. The summed E-state index contributed by atoms with van der Waals surface area (Å²) in [4.78, 5) is 2.06. The molecule has 0 saturated carbocycles. The third-order valence-electron chi connectivity index (χ3n) is 3.01. The zero-order valence-electron chi connectivity index (χ0n) is 12.1. The van der Waals surface area contributed by atoms with Crippen LogP contribution >= 0.6 is 11.6 Å². The molecule has 6 heteroatoms. The van der Waals surface area contributed by atoms with Crippen LogP contribution in [0.5, 0.6) is 0 Å². The summed E-state index contributed by atoms with van der Waals surface area (Å²) in [5.74, 6) is 0. The Labute approximate surface area is 120 Å². The standard InChI is InChI=1S/C13H24ClN3O2/c1-5-11(19-6-2)13(18)12-10(14)9-15-17(12)8-7-16(3)4/h9,11,13,18H,5-8H2,1-4H3. The highest BCUT2D eigenvalue weighted by Gasteiger charge is 2.26. The predicted octanol–water partition coefficient (Wildman–Crippen LogP) is 1.95. The van der Waals surface area contributed by atoms with Crippen LogP contribution in [0, 0.1) is 0 Å². The fourth-order valence-corrected chi connectivity index (χ4v) is 2.21. The Hall–Kier alpha value is -0.620. The summed E-state index contributed by atoms with van der Waals surface area (Å²) in [7, 11) is 3.99. The quantitative estimate of drug-likeness (QED) is 0.795. The Morgan fingerprint density at radius 2 is 2.16 bits per heavy atom. The number of halogens is 1. The van der Waals surface area contributed by atoms with Gasteiger partial charge in [-0.2, -0.15) is 5.10 Å². The predicted molar refractivity (Wildman–Crippen MR) is 76.5 cm³/mol. The first-order valence-corrected chi connectivity index (χ1v) is 7.04. The molecule has 0 fully saturated rings. The van der Waals surface area contributed by atoms with E-state index in [1.165, 1.54) is 0 Å². The number of likely N-dealkylation sites (N-methyl/N-ethyl adjacent to an activating group) is 1. The third kappa shape index (κ3) is 4.45. The largest absolute Gasteiger partial charge is 0.384 e. The summed E-state index contributed by atoms with van der Waals surface area (Å²) in [5, 5.41) is 15.2. The number of aromatic nitrogens is 2. The second-order valence-electron chi connectivity index (χ2n) is 4.75. The third-order valence-corrected chi connectivity index (χ3v) is 3.30. The molecular weight excluding hydrogens is 266 g/mol. The topological polar surface area (TPSA) is 50.5 Å². The van der Waals surface area contributed by atoms with Crippen LogP contribution in [0.4, 0.5) is 0 Å². The summed E-state index contributed by atoms with van der Waals surface area (Å²) in [6.07, 6.45) is 1.30. The summed E-state index contributed by atoms with van der Waals surface area (Å²) < 4.78 is 7.31. The van der Waals surface area contributed by atoms with E-state index in [1.54, 1.807) is 10.9 Å². The highest BCUT2D eigenvalue weighted by Crippen LogP contribution is 2.27. The van der Waals surface area contributed by atoms with Gasteiger partial charge in [-0.3, -0.25) is 4.68 Å². The van der Waals surface area contributed by atoms with Gasteiger partial charge < -0.3 is 14.7 Å². The number of nitrogens with zero attached hydrogens (tertiary/aromatic N) is 3. The Morgan fingerprint density at radius 1 is 1.47 bits per heavy atom. The molecule has 0 spiro atoms. The van der Waals surface area contributed by atoms with Crippen LogP contribution in [0.25, 0.3) is 0 Å². The molecule has 2 unspecified atom stereocenters. The van der Waals surface area contributed by atoms with E-state index >= 15 is 0 Å². The maximum absolute atomic E-state index is 10.4. The molecule has 110 valence electrons. The average Bonchev–Trinajstić information content (AvgIpc) is 2.74. The molecule has 0 amide bonds. The molecule has 0 aliphatic rings. The molecule has 2 atom stereocenters. The Bertz CT molecular complexity index is 382. The van der Waals surface area contributed by atoms with Crippen LogP contribution < -0.4 is 0 Å². The first-order chi connectivity index (χ1) is 9.01. The number of aliphatic hydroxyl groups excluding tert-OH is 1. The Kier molecular flexibility index (Phi) is 6.79. The first-order valence-electron chi connectivity index (χ1n) is 6.66. The molecule has 1 aromatic rings. The molecule has 0 saturated heterocycles. The highest BCUT2D eigenvalue weighted by atomic mass is 35.5. The van der Waals surface area contributed by atoms with E-state index in [0.29, 0.717) is 23.9 Å². The van der Waals surface area contributed by atoms with Gasteiger partial charge in [0.25, 0.3) is 0 Å². The van der Waals surface area contributed by atoms with Gasteiger partial charge in [-0.25, -0.2) is 0 Å². The summed E-state index contributed by atoms with van der Waals surface area (Å²) >= 11 is 6.14. The van der Waals surface area contributed by atoms with E-state index in [1.807, 2.05) is 27.9 Å². The van der Waals surface area contributed by atoms with Crippen LogP contribution in [0.1, 0.15) is 32.1 Å². The molecule has 0 radical (unpaired) electrons. The Morgan fingerprint density at radius 3 is 2.68 bits per heavy atom. The van der Waals surface area contributed by atoms with Crippen molar-refractivity contribution in [2.75, 3.05) is 27.2 Å². The van der Waals surface area contributed by atoms with Crippen molar-refractivity contribution in [3.05, 3.63) is 16.9 Å². The van der Waals surface area contributed by atoms with Gasteiger partial charge in [0, 0.05) is 13.2 Å². The van der Waals surface area contributed by atoms with E-state index in [9.17, 15) is 5.11 Å². The smallest absolute Gasteiger partial charge is 0.123 e. The molecule has 5 nitrogen and oxygen atoms in total. The summed E-state index contributed by atoms with van der Waals surface area (Å²) in [6, 6.07) is 0. The van der Waals surface area contributed by atoms with Gasteiger partial charge in [0.15, 0.2) is 0 Å². The van der Waals surface area contributed by atoms with Crippen molar-refractivity contribution in [2.45, 2.75) is 39.0 Å². The van der Waals surface area contributed by atoms with Crippen LogP contribution in [0.3, 0.4) is 0 Å². The first kappa shape index (κ1) is 16.4. The van der Waals surface area contributed by atoms with Gasteiger partial charge in [-0.1, -0.05) is 18.5 Å². The fourth-order valence-electron chi connectivity index (χ4n) is 1.96. The lowest BCUT2D eigenvalue weighted by atomic mass is 10.1. The molecular formula is C13H24ClN3O2. The van der Waals surface area contributed by atoms with Crippen molar-refractivity contribution in [3.8, 4) is 0 Å². The average molecular weight is 290 g/mol. The molecule has 0 aromatic carbocycles. The van der Waals surface area contributed by atoms with Gasteiger partial charge in [-0.15, -0.1) is 0 Å².